The Balaban J connectivity index is 1.57. The Hall–Kier alpha value is -2.76. The average molecular weight is 463 g/mol. The van der Waals surface area contributed by atoms with Gasteiger partial charge in [0.25, 0.3) is 5.56 Å². The van der Waals surface area contributed by atoms with E-state index in [2.05, 4.69) is 10.3 Å². The van der Waals surface area contributed by atoms with Crippen LogP contribution in [-0.4, -0.2) is 48.4 Å². The van der Waals surface area contributed by atoms with E-state index in [1.165, 1.54) is 45.8 Å². The summed E-state index contributed by atoms with van der Waals surface area (Å²) in [5.74, 6) is -0.253. The molecule has 1 aromatic carbocycles. The molecule has 4 rings (SSSR count). The fourth-order valence-corrected chi connectivity index (χ4v) is 5.98. The number of sulfonamides is 1. The molecule has 1 aliphatic heterocycles. The lowest BCUT2D eigenvalue weighted by Crippen LogP contribution is -2.35. The van der Waals surface area contributed by atoms with Gasteiger partial charge in [-0.25, -0.2) is 13.4 Å². The number of nitrogens with one attached hydrogen (secondary N) is 1. The first-order chi connectivity index (χ1) is 14.9. The highest BCUT2D eigenvalue weighted by Gasteiger charge is 2.29. The van der Waals surface area contributed by atoms with Crippen LogP contribution in [0.1, 0.15) is 19.3 Å². The maximum Gasteiger partial charge on any atom is 0.262 e. The van der Waals surface area contributed by atoms with Crippen LogP contribution in [0.15, 0.2) is 45.7 Å². The zero-order valence-corrected chi connectivity index (χ0v) is 18.5. The first kappa shape index (κ1) is 21.5. The molecule has 0 radical (unpaired) electrons. The number of thiophene rings is 1. The van der Waals surface area contributed by atoms with Crippen LogP contribution < -0.4 is 15.6 Å². The summed E-state index contributed by atoms with van der Waals surface area (Å²) in [6.45, 7) is 0.684. The van der Waals surface area contributed by atoms with Crippen molar-refractivity contribution >= 4 is 43.2 Å². The van der Waals surface area contributed by atoms with Crippen LogP contribution in [0.2, 0.25) is 0 Å². The number of carbonyl (C=O) groups is 1. The lowest BCUT2D eigenvalue weighted by molar-refractivity contribution is -0.116. The number of rotatable bonds is 6. The van der Waals surface area contributed by atoms with Crippen molar-refractivity contribution in [3.63, 3.8) is 0 Å². The number of fused-ring (bicyclic) bond motifs is 1. The molecule has 0 atom stereocenters. The molecule has 1 aliphatic rings. The van der Waals surface area contributed by atoms with Crippen molar-refractivity contribution < 1.29 is 17.9 Å². The van der Waals surface area contributed by atoms with E-state index in [4.69, 9.17) is 4.74 Å². The molecular weight excluding hydrogens is 440 g/mol. The van der Waals surface area contributed by atoms with E-state index in [0.717, 1.165) is 19.3 Å². The number of aromatic nitrogens is 2. The zero-order valence-electron chi connectivity index (χ0n) is 16.9. The lowest BCUT2D eigenvalue weighted by Gasteiger charge is -2.26. The van der Waals surface area contributed by atoms with Crippen LogP contribution in [0.4, 0.5) is 5.69 Å². The Morgan fingerprint density at radius 1 is 1.23 bits per heavy atom. The molecular formula is C20H22N4O5S2. The molecule has 1 N–H and O–H groups in total. The van der Waals surface area contributed by atoms with E-state index in [9.17, 15) is 18.0 Å². The molecule has 0 bridgehead atoms. The fourth-order valence-electron chi connectivity index (χ4n) is 3.56. The number of hydrogen-bond acceptors (Lipinski definition) is 7. The van der Waals surface area contributed by atoms with Crippen molar-refractivity contribution in [2.45, 2.75) is 30.7 Å². The molecule has 3 aromatic rings. The molecule has 2 aromatic heterocycles. The highest BCUT2D eigenvalue weighted by molar-refractivity contribution is 7.89. The second kappa shape index (κ2) is 8.77. The lowest BCUT2D eigenvalue weighted by atomic mass is 10.2. The van der Waals surface area contributed by atoms with Crippen LogP contribution in [0.25, 0.3) is 10.2 Å². The largest absolute Gasteiger partial charge is 0.495 e. The molecule has 0 aliphatic carbocycles. The summed E-state index contributed by atoms with van der Waals surface area (Å²) >= 11 is 1.35. The third kappa shape index (κ3) is 4.34. The smallest absolute Gasteiger partial charge is 0.262 e. The molecule has 31 heavy (non-hydrogen) atoms. The summed E-state index contributed by atoms with van der Waals surface area (Å²) in [4.78, 5) is 29.8. The van der Waals surface area contributed by atoms with Gasteiger partial charge in [-0.1, -0.05) is 6.42 Å². The van der Waals surface area contributed by atoms with Crippen molar-refractivity contribution in [2.75, 3.05) is 25.5 Å². The Bertz CT molecular complexity index is 1280. The highest BCUT2D eigenvalue weighted by Crippen LogP contribution is 2.31. The van der Waals surface area contributed by atoms with Gasteiger partial charge in [-0.3, -0.25) is 14.2 Å². The number of amides is 1. The molecule has 11 heteroatoms. The normalized spacial score (nSPS) is 15.1. The Kier molecular flexibility index (Phi) is 6.08. The number of benzene rings is 1. The van der Waals surface area contributed by atoms with Gasteiger partial charge < -0.3 is 10.1 Å². The first-order valence-corrected chi connectivity index (χ1v) is 12.1. The summed E-state index contributed by atoms with van der Waals surface area (Å²) in [6, 6.07) is 6.14. The summed E-state index contributed by atoms with van der Waals surface area (Å²) in [6.07, 6.45) is 3.97. The number of hydrogen-bond donors (Lipinski definition) is 1. The maximum atomic E-state index is 13.1. The molecule has 9 nitrogen and oxygen atoms in total. The molecule has 1 fully saturated rings. The van der Waals surface area contributed by atoms with E-state index >= 15 is 0 Å². The standard InChI is InChI=1S/C20H22N4O5S2/c1-29-16-6-5-14(11-17(16)31(27,28)24-8-3-2-4-9-24)22-18(25)12-23-13-21-19-15(20(23)26)7-10-30-19/h5-7,10-11,13H,2-4,8-9,12H2,1H3,(H,22,25). The molecule has 0 unspecified atom stereocenters. The quantitative estimate of drug-likeness (QED) is 0.602. The zero-order chi connectivity index (χ0) is 22.0. The van der Waals surface area contributed by atoms with Crippen LogP contribution >= 0.6 is 11.3 Å². The predicted molar refractivity (Wildman–Crippen MR) is 118 cm³/mol. The third-order valence-corrected chi connectivity index (χ3v) is 7.89. The topological polar surface area (TPSA) is 111 Å². The number of ether oxygens (including phenoxy) is 1. The molecule has 1 saturated heterocycles. The van der Waals surface area contributed by atoms with Gasteiger partial charge in [-0.15, -0.1) is 11.3 Å². The summed E-state index contributed by atoms with van der Waals surface area (Å²) in [5, 5.41) is 4.89. The van der Waals surface area contributed by atoms with Crippen molar-refractivity contribution in [1.29, 1.82) is 0 Å². The number of carbonyl (C=O) groups excluding carboxylic acids is 1. The van der Waals surface area contributed by atoms with Crippen molar-refractivity contribution in [3.8, 4) is 5.75 Å². The average Bonchev–Trinajstić information content (AvgIpc) is 3.26. The minimum absolute atomic E-state index is 0.00762. The van der Waals surface area contributed by atoms with Gasteiger partial charge in [0.15, 0.2) is 0 Å². The second-order valence-electron chi connectivity index (χ2n) is 7.20. The van der Waals surface area contributed by atoms with Crippen LogP contribution in [-0.2, 0) is 21.4 Å². The number of nitrogens with zero attached hydrogens (tertiary/aromatic N) is 3. The number of methoxy groups -OCH3 is 1. The first-order valence-electron chi connectivity index (χ1n) is 9.81. The molecule has 164 valence electrons. The van der Waals surface area contributed by atoms with E-state index in [-0.39, 0.29) is 22.7 Å². The Morgan fingerprint density at radius 3 is 2.74 bits per heavy atom. The highest BCUT2D eigenvalue weighted by atomic mass is 32.2. The Morgan fingerprint density at radius 2 is 2.00 bits per heavy atom. The second-order valence-corrected chi connectivity index (χ2v) is 10.00. The van der Waals surface area contributed by atoms with Gasteiger partial charge in [0, 0.05) is 18.8 Å². The minimum Gasteiger partial charge on any atom is -0.495 e. The van der Waals surface area contributed by atoms with Crippen molar-refractivity contribution in [2.24, 2.45) is 0 Å². The monoisotopic (exact) mass is 462 g/mol. The van der Waals surface area contributed by atoms with Crippen LogP contribution in [0.3, 0.4) is 0 Å². The van der Waals surface area contributed by atoms with Gasteiger partial charge in [-0.05, 0) is 42.5 Å². The fraction of sp³-hybridized carbons (Fsp3) is 0.350. The number of anilines is 1. The SMILES string of the molecule is COc1ccc(NC(=O)Cn2cnc3sccc3c2=O)cc1S(=O)(=O)N1CCCCC1. The molecule has 1 amide bonds. The number of piperidine rings is 1. The summed E-state index contributed by atoms with van der Waals surface area (Å²) < 4.78 is 34.2. The van der Waals surface area contributed by atoms with Gasteiger partial charge in [0.1, 0.15) is 22.0 Å². The Labute approximate surface area is 183 Å². The van der Waals surface area contributed by atoms with E-state index < -0.39 is 15.9 Å². The van der Waals surface area contributed by atoms with Crippen LogP contribution in [0, 0.1) is 0 Å². The predicted octanol–water partition coefficient (Wildman–Crippen LogP) is 2.28. The molecule has 0 spiro atoms. The maximum absolute atomic E-state index is 13.1. The molecule has 3 heterocycles. The van der Waals surface area contributed by atoms with Gasteiger partial charge in [0.2, 0.25) is 15.9 Å². The van der Waals surface area contributed by atoms with Gasteiger partial charge >= 0.3 is 0 Å². The van der Waals surface area contributed by atoms with Crippen LogP contribution in [0.5, 0.6) is 5.75 Å². The van der Waals surface area contributed by atoms with Gasteiger partial charge in [-0.2, -0.15) is 4.31 Å². The van der Waals surface area contributed by atoms with E-state index in [1.807, 2.05) is 0 Å². The van der Waals surface area contributed by atoms with E-state index in [1.54, 1.807) is 17.5 Å². The van der Waals surface area contributed by atoms with Crippen molar-refractivity contribution in [1.82, 2.24) is 13.9 Å². The summed E-state index contributed by atoms with van der Waals surface area (Å²) in [7, 11) is -2.35. The van der Waals surface area contributed by atoms with Crippen molar-refractivity contribution in [3.05, 3.63) is 46.3 Å². The van der Waals surface area contributed by atoms with E-state index in [0.29, 0.717) is 29.0 Å². The minimum atomic E-state index is -3.75. The summed E-state index contributed by atoms with van der Waals surface area (Å²) in [5.41, 5.74) is 0.00324. The third-order valence-electron chi connectivity index (χ3n) is 5.14. The van der Waals surface area contributed by atoms with Gasteiger partial charge in [0.05, 0.1) is 18.8 Å². The molecule has 0 saturated carbocycles.